The van der Waals surface area contributed by atoms with E-state index in [1.165, 1.54) is 0 Å². The molecule has 2 bridgehead atoms. The molecule has 26 heavy (non-hydrogen) atoms. The smallest absolute Gasteiger partial charge is 0.197 e. The van der Waals surface area contributed by atoms with E-state index < -0.39 is 35.1 Å². The zero-order valence-corrected chi connectivity index (χ0v) is 13.6. The normalized spacial score (nSPS) is 26.0. The molecule has 4 heteroatoms. The zero-order valence-electron chi connectivity index (χ0n) is 13.6. The number of allylic oxidation sites excluding steroid dienone is 12. The third kappa shape index (κ3) is 1.96. The van der Waals surface area contributed by atoms with Gasteiger partial charge in [0.15, 0.2) is 23.3 Å². The van der Waals surface area contributed by atoms with Gasteiger partial charge in [-0.1, -0.05) is 71.9 Å². The van der Waals surface area contributed by atoms with Crippen LogP contribution in [-0.2, 0) is 0 Å². The highest BCUT2D eigenvalue weighted by molar-refractivity contribution is 5.61. The van der Waals surface area contributed by atoms with Crippen molar-refractivity contribution < 1.29 is 17.6 Å². The molecule has 0 saturated heterocycles. The van der Waals surface area contributed by atoms with Gasteiger partial charge >= 0.3 is 0 Å². The monoisotopic (exact) mass is 354 g/mol. The molecule has 0 fully saturated rings. The third-order valence-electron chi connectivity index (χ3n) is 5.67. The first-order valence-electron chi connectivity index (χ1n) is 8.57. The molecule has 2 unspecified atom stereocenters. The summed E-state index contributed by atoms with van der Waals surface area (Å²) in [4.78, 5) is 0. The average Bonchev–Trinajstić information content (AvgIpc) is 3.37. The predicted octanol–water partition coefficient (Wildman–Crippen LogP) is 5.77. The van der Waals surface area contributed by atoms with Crippen LogP contribution in [-0.4, -0.2) is 0 Å². The van der Waals surface area contributed by atoms with Crippen molar-refractivity contribution in [1.82, 2.24) is 0 Å². The molecule has 0 aliphatic heterocycles. The fraction of sp³-hybridized carbons (Fsp3) is 0.182. The van der Waals surface area contributed by atoms with Gasteiger partial charge < -0.3 is 0 Å². The summed E-state index contributed by atoms with van der Waals surface area (Å²) in [7, 11) is 0. The summed E-state index contributed by atoms with van der Waals surface area (Å²) < 4.78 is 57.1. The molecule has 5 aliphatic rings. The first-order chi connectivity index (χ1) is 12.6. The second-order valence-electron chi connectivity index (χ2n) is 6.96. The summed E-state index contributed by atoms with van der Waals surface area (Å²) in [5.41, 5.74) is 1.64. The van der Waals surface area contributed by atoms with Gasteiger partial charge in [0.2, 0.25) is 0 Å². The molecule has 130 valence electrons. The van der Waals surface area contributed by atoms with Crippen LogP contribution in [0.25, 0.3) is 0 Å². The van der Waals surface area contributed by atoms with Gasteiger partial charge in [-0.3, -0.25) is 0 Å². The maximum absolute atomic E-state index is 14.6. The van der Waals surface area contributed by atoms with E-state index >= 15 is 0 Å². The molecule has 5 aliphatic carbocycles. The predicted molar refractivity (Wildman–Crippen MR) is 91.5 cm³/mol. The van der Waals surface area contributed by atoms with Crippen molar-refractivity contribution in [1.29, 1.82) is 0 Å². The molecule has 1 aromatic carbocycles. The summed E-state index contributed by atoms with van der Waals surface area (Å²) in [5, 5.41) is 0. The van der Waals surface area contributed by atoms with Gasteiger partial charge in [-0.15, -0.1) is 0 Å². The maximum Gasteiger partial charge on any atom is 0.197 e. The Kier molecular flexibility index (Phi) is 3.27. The summed E-state index contributed by atoms with van der Waals surface area (Å²) in [6.07, 6.45) is 19.2. The minimum atomic E-state index is -1.73. The van der Waals surface area contributed by atoms with E-state index in [1.54, 1.807) is 0 Å². The van der Waals surface area contributed by atoms with E-state index in [9.17, 15) is 17.6 Å². The number of hydrogen-bond acceptors (Lipinski definition) is 0. The third-order valence-corrected chi connectivity index (χ3v) is 5.67. The summed E-state index contributed by atoms with van der Waals surface area (Å²) in [5.74, 6) is -7.32. The minimum Gasteiger partial charge on any atom is -0.203 e. The molecule has 2 atom stereocenters. The molecule has 0 N–H and O–H groups in total. The maximum atomic E-state index is 14.6. The van der Waals surface area contributed by atoms with Crippen molar-refractivity contribution in [3.8, 4) is 0 Å². The Morgan fingerprint density at radius 3 is 1.19 bits per heavy atom. The molecule has 0 aromatic heterocycles. The summed E-state index contributed by atoms with van der Waals surface area (Å²) >= 11 is 0. The van der Waals surface area contributed by atoms with Crippen molar-refractivity contribution in [3.63, 3.8) is 0 Å². The quantitative estimate of drug-likeness (QED) is 0.274. The highest BCUT2D eigenvalue weighted by atomic mass is 19.2. The number of benzene rings is 1. The second kappa shape index (κ2) is 5.44. The van der Waals surface area contributed by atoms with E-state index in [0.29, 0.717) is 0 Å². The Balaban J connectivity index is 1.74. The fourth-order valence-electron chi connectivity index (χ4n) is 4.50. The Bertz CT molecular complexity index is 899. The molecule has 0 radical (unpaired) electrons. The highest BCUT2D eigenvalue weighted by Crippen LogP contribution is 2.55. The van der Waals surface area contributed by atoms with Crippen molar-refractivity contribution in [2.45, 2.75) is 11.8 Å². The van der Waals surface area contributed by atoms with Gasteiger partial charge in [0.25, 0.3) is 0 Å². The van der Waals surface area contributed by atoms with Crippen LogP contribution in [0.15, 0.2) is 71.9 Å². The molecular weight excluding hydrogens is 340 g/mol. The molecule has 0 amide bonds. The van der Waals surface area contributed by atoms with Gasteiger partial charge in [0.05, 0.1) is 0 Å². The van der Waals surface area contributed by atoms with Crippen LogP contribution in [0.4, 0.5) is 17.6 Å². The van der Waals surface area contributed by atoms with Crippen molar-refractivity contribution in [2.75, 3.05) is 0 Å². The Hall–Kier alpha value is -2.62. The standard InChI is InChI=1S/C22H14F4/c23-19-17-15-10-14(12-7-3-4-8-12)16(9-13(15)11-5-1-2-6-11)18(17)20(24)22(26)21(19)25/h1-12,15-16H. The lowest BCUT2D eigenvalue weighted by Gasteiger charge is -2.40. The van der Waals surface area contributed by atoms with Gasteiger partial charge in [-0.2, -0.15) is 0 Å². The first kappa shape index (κ1) is 15.6. The molecule has 0 spiro atoms. The fourth-order valence-corrected chi connectivity index (χ4v) is 4.50. The molecular formula is C22H14F4. The Labute approximate surface area is 148 Å². The number of rotatable bonds is 2. The lowest BCUT2D eigenvalue weighted by Crippen LogP contribution is -2.29. The van der Waals surface area contributed by atoms with Crippen molar-refractivity contribution >= 4 is 0 Å². The van der Waals surface area contributed by atoms with Crippen LogP contribution >= 0.6 is 0 Å². The van der Waals surface area contributed by atoms with E-state index in [0.717, 1.165) is 11.1 Å². The van der Waals surface area contributed by atoms with Crippen LogP contribution in [0, 0.1) is 35.1 Å². The zero-order chi connectivity index (χ0) is 18.0. The summed E-state index contributed by atoms with van der Waals surface area (Å²) in [6, 6.07) is 0. The van der Waals surface area contributed by atoms with Gasteiger partial charge in [0, 0.05) is 34.8 Å². The Morgan fingerprint density at radius 2 is 0.846 bits per heavy atom. The second-order valence-corrected chi connectivity index (χ2v) is 6.96. The van der Waals surface area contributed by atoms with Crippen molar-refractivity contribution in [2.24, 2.45) is 11.8 Å². The molecule has 0 nitrogen and oxygen atoms in total. The molecule has 1 aromatic rings. The van der Waals surface area contributed by atoms with Crippen molar-refractivity contribution in [3.05, 3.63) is 106 Å². The lowest BCUT2D eigenvalue weighted by molar-refractivity contribution is 0.392. The largest absolute Gasteiger partial charge is 0.203 e. The molecule has 6 rings (SSSR count). The van der Waals surface area contributed by atoms with E-state index in [2.05, 4.69) is 0 Å². The Morgan fingerprint density at radius 1 is 0.500 bits per heavy atom. The lowest BCUT2D eigenvalue weighted by atomic mass is 9.63. The number of hydrogen-bond donors (Lipinski definition) is 0. The van der Waals surface area contributed by atoms with Crippen LogP contribution in [0.2, 0.25) is 0 Å². The van der Waals surface area contributed by atoms with E-state index in [1.807, 2.05) is 60.8 Å². The molecule has 0 heterocycles. The van der Waals surface area contributed by atoms with Gasteiger partial charge in [0.1, 0.15) is 0 Å². The highest BCUT2D eigenvalue weighted by Gasteiger charge is 2.43. The van der Waals surface area contributed by atoms with Crippen LogP contribution < -0.4 is 0 Å². The summed E-state index contributed by atoms with van der Waals surface area (Å²) in [6.45, 7) is 0. The topological polar surface area (TPSA) is 0 Å². The number of halogens is 4. The SMILES string of the molecule is Fc1c(F)c(F)c2c(c1F)C1C=C(C3C=CC=C3)C2C=C1C1C=CC=C1. The average molecular weight is 354 g/mol. The van der Waals surface area contributed by atoms with Gasteiger partial charge in [-0.25, -0.2) is 17.6 Å². The van der Waals surface area contributed by atoms with Crippen LogP contribution in [0.3, 0.4) is 0 Å². The van der Waals surface area contributed by atoms with Crippen LogP contribution in [0.1, 0.15) is 23.0 Å². The van der Waals surface area contributed by atoms with E-state index in [-0.39, 0.29) is 23.0 Å². The molecule has 0 saturated carbocycles. The minimum absolute atomic E-state index is 0.0429. The van der Waals surface area contributed by atoms with E-state index in [4.69, 9.17) is 0 Å². The van der Waals surface area contributed by atoms with Crippen LogP contribution in [0.5, 0.6) is 0 Å². The first-order valence-corrected chi connectivity index (χ1v) is 8.57. The van der Waals surface area contributed by atoms with Gasteiger partial charge in [-0.05, 0) is 0 Å².